The second kappa shape index (κ2) is 12.1. The van der Waals surface area contributed by atoms with E-state index in [0.29, 0.717) is 45.0 Å². The van der Waals surface area contributed by atoms with Crippen LogP contribution in [0.1, 0.15) is 43.0 Å². The first kappa shape index (κ1) is 29.6. The van der Waals surface area contributed by atoms with Crippen molar-refractivity contribution in [3.8, 4) is 17.2 Å². The molecule has 0 spiro atoms. The van der Waals surface area contributed by atoms with Crippen LogP contribution in [0.3, 0.4) is 0 Å². The monoisotopic (exact) mass is 646 g/mol. The molecule has 0 aromatic heterocycles. The van der Waals surface area contributed by atoms with Crippen LogP contribution in [0.2, 0.25) is 0 Å². The quantitative estimate of drug-likeness (QED) is 0.206. The zero-order chi connectivity index (χ0) is 30.0. The average Bonchev–Trinajstić information content (AvgIpc) is 3.38. The topological polar surface area (TPSA) is 96.6 Å². The molecule has 0 atom stereocenters. The number of ether oxygens (including phenoxy) is 3. The number of benzene rings is 3. The predicted molar refractivity (Wildman–Crippen MR) is 172 cm³/mol. The largest absolute Gasteiger partial charge is 0.493 e. The fraction of sp³-hybridized carbons (Fsp3) is 0.250. The summed E-state index contributed by atoms with van der Waals surface area (Å²) in [6.45, 7) is 9.18. The Morgan fingerprint density at radius 1 is 1.02 bits per heavy atom. The lowest BCUT2D eigenvalue weighted by atomic mass is 9.87. The molecule has 3 aromatic rings. The standard InChI is InChI=1S/C32H31BrN4O4S/c1-19-6-8-21(9-7-19)30-36-37-28(34)24(29(38)35-31(37)42-30)16-20-17-25(33)27(26(18-20)39-5)41-15-14-40-23-12-10-22(11-13-23)32(2,3)4/h6-13,16-18,34H,14-15H2,1-5H3/b24-16-,34-28?. The summed E-state index contributed by atoms with van der Waals surface area (Å²) >= 11 is 4.84. The van der Waals surface area contributed by atoms with Gasteiger partial charge in [-0.25, -0.2) is 0 Å². The zero-order valence-corrected chi connectivity index (χ0v) is 26.4. The van der Waals surface area contributed by atoms with Gasteiger partial charge in [0.25, 0.3) is 5.91 Å². The van der Waals surface area contributed by atoms with Crippen LogP contribution in [0, 0.1) is 12.3 Å². The fourth-order valence-corrected chi connectivity index (χ4v) is 5.76. The summed E-state index contributed by atoms with van der Waals surface area (Å²) in [6, 6.07) is 19.5. The second-order valence-electron chi connectivity index (χ2n) is 10.8. The van der Waals surface area contributed by atoms with Gasteiger partial charge in [0.2, 0.25) is 5.17 Å². The van der Waals surface area contributed by atoms with E-state index < -0.39 is 5.91 Å². The minimum Gasteiger partial charge on any atom is -0.493 e. The number of rotatable bonds is 8. The molecule has 2 aliphatic rings. The molecule has 0 fully saturated rings. The van der Waals surface area contributed by atoms with Gasteiger partial charge in [-0.15, -0.1) is 0 Å². The zero-order valence-electron chi connectivity index (χ0n) is 24.0. The summed E-state index contributed by atoms with van der Waals surface area (Å²) in [5.41, 5.74) is 4.13. The van der Waals surface area contributed by atoms with Crippen molar-refractivity contribution in [1.82, 2.24) is 5.01 Å². The number of hydrogen-bond acceptors (Lipinski definition) is 7. The Balaban J connectivity index is 1.28. The maximum atomic E-state index is 12.9. The van der Waals surface area contributed by atoms with Gasteiger partial charge in [-0.05, 0) is 81.5 Å². The first-order chi connectivity index (χ1) is 20.0. The Morgan fingerprint density at radius 2 is 1.71 bits per heavy atom. The lowest BCUT2D eigenvalue weighted by molar-refractivity contribution is -0.114. The number of amidine groups is 2. The number of hydrazone groups is 1. The predicted octanol–water partition coefficient (Wildman–Crippen LogP) is 7.19. The van der Waals surface area contributed by atoms with Gasteiger partial charge in [-0.3, -0.25) is 10.2 Å². The van der Waals surface area contributed by atoms with Gasteiger partial charge >= 0.3 is 0 Å². The molecule has 0 aliphatic carbocycles. The van der Waals surface area contributed by atoms with Crippen molar-refractivity contribution in [3.05, 3.63) is 93.0 Å². The molecule has 1 N–H and O–H groups in total. The molecule has 0 unspecified atom stereocenters. The number of nitrogens with one attached hydrogen (secondary N) is 1. The van der Waals surface area contributed by atoms with E-state index >= 15 is 0 Å². The molecule has 5 rings (SSSR count). The van der Waals surface area contributed by atoms with E-state index in [-0.39, 0.29) is 16.8 Å². The molecule has 1 amide bonds. The normalized spacial score (nSPS) is 15.9. The van der Waals surface area contributed by atoms with Crippen molar-refractivity contribution in [2.45, 2.75) is 33.1 Å². The number of fused-ring (bicyclic) bond motifs is 1. The molecule has 3 aromatic carbocycles. The molecular formula is C32H31BrN4O4S. The maximum Gasteiger partial charge on any atom is 0.283 e. The Labute approximate surface area is 258 Å². The van der Waals surface area contributed by atoms with Crippen LogP contribution in [0.25, 0.3) is 6.08 Å². The number of halogens is 1. The minimum absolute atomic E-state index is 0.0392. The first-order valence-corrected chi connectivity index (χ1v) is 15.0. The van der Waals surface area contributed by atoms with Crippen LogP contribution >= 0.6 is 27.7 Å². The van der Waals surface area contributed by atoms with E-state index in [0.717, 1.165) is 16.9 Å². The van der Waals surface area contributed by atoms with Crippen LogP contribution < -0.4 is 14.2 Å². The molecule has 0 bridgehead atoms. The molecule has 216 valence electrons. The summed E-state index contributed by atoms with van der Waals surface area (Å²) in [6.07, 6.45) is 1.61. The molecule has 2 heterocycles. The summed E-state index contributed by atoms with van der Waals surface area (Å²) in [7, 11) is 1.55. The highest BCUT2D eigenvalue weighted by Gasteiger charge is 2.36. The summed E-state index contributed by atoms with van der Waals surface area (Å²) in [5.74, 6) is 1.22. The number of aryl methyl sites for hydroxylation is 1. The Morgan fingerprint density at radius 3 is 2.38 bits per heavy atom. The van der Waals surface area contributed by atoms with Gasteiger partial charge in [0, 0.05) is 5.56 Å². The van der Waals surface area contributed by atoms with Crippen LogP contribution in [0.5, 0.6) is 17.2 Å². The van der Waals surface area contributed by atoms with Gasteiger partial charge in [0.15, 0.2) is 17.3 Å². The second-order valence-corrected chi connectivity index (χ2v) is 12.6. The molecule has 42 heavy (non-hydrogen) atoms. The van der Waals surface area contributed by atoms with Crippen molar-refractivity contribution < 1.29 is 19.0 Å². The van der Waals surface area contributed by atoms with E-state index in [1.54, 1.807) is 25.3 Å². The van der Waals surface area contributed by atoms with Crippen molar-refractivity contribution in [1.29, 1.82) is 5.41 Å². The highest BCUT2D eigenvalue weighted by molar-refractivity contribution is 9.10. The van der Waals surface area contributed by atoms with Crippen LogP contribution in [-0.2, 0) is 10.2 Å². The van der Waals surface area contributed by atoms with Gasteiger partial charge in [-0.2, -0.15) is 15.1 Å². The molecule has 10 heteroatoms. The molecule has 2 aliphatic heterocycles. The van der Waals surface area contributed by atoms with E-state index in [2.05, 4.69) is 58.9 Å². The van der Waals surface area contributed by atoms with Crippen molar-refractivity contribution in [2.75, 3.05) is 20.3 Å². The van der Waals surface area contributed by atoms with Gasteiger partial charge in [0.1, 0.15) is 24.0 Å². The van der Waals surface area contributed by atoms with Crippen LogP contribution in [0.4, 0.5) is 0 Å². The Hall–Kier alpha value is -3.89. The molecular weight excluding hydrogens is 616 g/mol. The van der Waals surface area contributed by atoms with Gasteiger partial charge in [0.05, 0.1) is 17.2 Å². The third-order valence-electron chi connectivity index (χ3n) is 6.63. The van der Waals surface area contributed by atoms with Crippen LogP contribution in [0.15, 0.2) is 80.8 Å². The summed E-state index contributed by atoms with van der Waals surface area (Å²) in [5, 5.41) is 15.7. The lowest BCUT2D eigenvalue weighted by Crippen LogP contribution is -2.35. The fourth-order valence-electron chi connectivity index (χ4n) is 4.29. The number of carbonyl (C=O) groups excluding carboxylic acids is 1. The number of thioether (sulfide) groups is 1. The average molecular weight is 648 g/mol. The number of aliphatic imine (C=N–C) groups is 1. The third kappa shape index (κ3) is 6.44. The molecule has 8 nitrogen and oxygen atoms in total. The van der Waals surface area contributed by atoms with E-state index in [9.17, 15) is 4.79 Å². The third-order valence-corrected chi connectivity index (χ3v) is 8.18. The maximum absolute atomic E-state index is 12.9. The number of carbonyl (C=O) groups is 1. The highest BCUT2D eigenvalue weighted by atomic mass is 79.9. The van der Waals surface area contributed by atoms with Crippen LogP contribution in [-0.4, -0.2) is 47.3 Å². The minimum atomic E-state index is -0.498. The Bertz CT molecular complexity index is 1620. The number of amides is 1. The number of methoxy groups -OCH3 is 1. The Kier molecular flexibility index (Phi) is 8.56. The van der Waals surface area contributed by atoms with Crippen molar-refractivity contribution in [3.63, 3.8) is 0 Å². The van der Waals surface area contributed by atoms with E-state index in [4.69, 9.17) is 19.6 Å². The number of nitrogens with zero attached hydrogens (tertiary/aromatic N) is 3. The summed E-state index contributed by atoms with van der Waals surface area (Å²) < 4.78 is 18.1. The highest BCUT2D eigenvalue weighted by Crippen LogP contribution is 2.38. The van der Waals surface area contributed by atoms with Gasteiger partial charge in [-0.1, -0.05) is 62.7 Å². The van der Waals surface area contributed by atoms with Crippen molar-refractivity contribution >= 4 is 55.7 Å². The SMILES string of the molecule is COc1cc(/C=C2/C(=N)N3N=C(c4ccc(C)cc4)SC3=NC2=O)cc(Br)c1OCCOc1ccc(C(C)(C)C)cc1. The first-order valence-electron chi connectivity index (χ1n) is 13.3. The molecule has 0 saturated heterocycles. The smallest absolute Gasteiger partial charge is 0.283 e. The summed E-state index contributed by atoms with van der Waals surface area (Å²) in [4.78, 5) is 17.1. The van der Waals surface area contributed by atoms with E-state index in [1.165, 1.54) is 22.3 Å². The number of hydrogen-bond donors (Lipinski definition) is 1. The lowest BCUT2D eigenvalue weighted by Gasteiger charge is -2.20. The van der Waals surface area contributed by atoms with Gasteiger partial charge < -0.3 is 14.2 Å². The molecule has 0 radical (unpaired) electrons. The van der Waals surface area contributed by atoms with E-state index in [1.807, 2.05) is 43.3 Å². The molecule has 0 saturated carbocycles. The van der Waals surface area contributed by atoms with Crippen molar-refractivity contribution in [2.24, 2.45) is 10.1 Å².